The van der Waals surface area contributed by atoms with Gasteiger partial charge < -0.3 is 21.1 Å². The zero-order valence-corrected chi connectivity index (χ0v) is 8.25. The predicted octanol–water partition coefficient (Wildman–Crippen LogP) is 0.470. The summed E-state index contributed by atoms with van der Waals surface area (Å²) in [4.78, 5) is 10.4. The highest BCUT2D eigenvalue weighted by Crippen LogP contribution is 2.35. The number of aliphatic carboxylic acids is 1. The molecule has 1 atom stereocenters. The molecule has 0 saturated carbocycles. The Hall–Kier alpha value is -1.96. The van der Waals surface area contributed by atoms with E-state index in [1.54, 1.807) is 0 Å². The Morgan fingerprint density at radius 2 is 1.59 bits per heavy atom. The summed E-state index contributed by atoms with van der Waals surface area (Å²) in [6.45, 7) is 0. The van der Waals surface area contributed by atoms with Gasteiger partial charge in [-0.3, -0.25) is 4.79 Å². The average Bonchev–Trinajstić information content (AvgIpc) is 2.29. The Bertz CT molecular complexity index is 449. The van der Waals surface area contributed by atoms with Crippen molar-refractivity contribution in [2.24, 2.45) is 5.73 Å². The second-order valence-corrected chi connectivity index (χ2v) is 3.27. The van der Waals surface area contributed by atoms with Crippen LogP contribution in [0.4, 0.5) is 13.2 Å². The molecule has 0 spiro atoms. The van der Waals surface area contributed by atoms with E-state index in [0.29, 0.717) is 0 Å². The second-order valence-electron chi connectivity index (χ2n) is 3.27. The Morgan fingerprint density at radius 3 is 2.06 bits per heavy atom. The molecule has 0 aliphatic rings. The van der Waals surface area contributed by atoms with Gasteiger partial charge in [-0.05, 0) is 0 Å². The van der Waals surface area contributed by atoms with E-state index < -0.39 is 52.9 Å². The first kappa shape index (κ1) is 13.1. The topological polar surface area (TPSA) is 104 Å². The van der Waals surface area contributed by atoms with Crippen LogP contribution in [0.2, 0.25) is 0 Å². The molecule has 17 heavy (non-hydrogen) atoms. The van der Waals surface area contributed by atoms with Crippen molar-refractivity contribution in [2.75, 3.05) is 0 Å². The van der Waals surface area contributed by atoms with Crippen molar-refractivity contribution in [3.05, 3.63) is 23.0 Å². The van der Waals surface area contributed by atoms with Crippen molar-refractivity contribution in [1.29, 1.82) is 0 Å². The molecule has 0 aliphatic carbocycles. The Kier molecular flexibility index (Phi) is 3.47. The SMILES string of the molecule is NC(Cc1c(F)c(O)c(O)c(F)c1F)C(=O)O. The molecule has 0 bridgehead atoms. The molecule has 0 amide bonds. The van der Waals surface area contributed by atoms with Crippen LogP contribution in [-0.2, 0) is 11.2 Å². The Morgan fingerprint density at radius 1 is 1.12 bits per heavy atom. The van der Waals surface area contributed by atoms with Gasteiger partial charge in [0.25, 0.3) is 0 Å². The largest absolute Gasteiger partial charge is 0.502 e. The molecule has 0 aromatic heterocycles. The minimum atomic E-state index is -1.86. The van der Waals surface area contributed by atoms with Crippen LogP contribution in [-0.4, -0.2) is 27.3 Å². The molecule has 5 N–H and O–H groups in total. The van der Waals surface area contributed by atoms with Crippen molar-refractivity contribution in [2.45, 2.75) is 12.5 Å². The van der Waals surface area contributed by atoms with E-state index in [2.05, 4.69) is 0 Å². The molecule has 8 heteroatoms. The molecular formula is C9H8F3NO4. The van der Waals surface area contributed by atoms with E-state index in [4.69, 9.17) is 21.1 Å². The third-order valence-electron chi connectivity index (χ3n) is 2.10. The van der Waals surface area contributed by atoms with Gasteiger partial charge in [-0.25, -0.2) is 8.78 Å². The zero-order chi connectivity index (χ0) is 13.3. The molecule has 1 aromatic rings. The van der Waals surface area contributed by atoms with Gasteiger partial charge in [-0.15, -0.1) is 0 Å². The van der Waals surface area contributed by atoms with Crippen molar-refractivity contribution in [3.8, 4) is 11.5 Å². The smallest absolute Gasteiger partial charge is 0.320 e. The molecule has 94 valence electrons. The third kappa shape index (κ3) is 2.26. The summed E-state index contributed by atoms with van der Waals surface area (Å²) in [5.41, 5.74) is 3.99. The molecule has 5 nitrogen and oxygen atoms in total. The van der Waals surface area contributed by atoms with Gasteiger partial charge in [0, 0.05) is 12.0 Å². The number of halogens is 3. The molecule has 0 heterocycles. The summed E-state index contributed by atoms with van der Waals surface area (Å²) in [6, 6.07) is -1.66. The maximum Gasteiger partial charge on any atom is 0.320 e. The second kappa shape index (κ2) is 4.50. The minimum absolute atomic E-state index is 0.863. The first-order valence-electron chi connectivity index (χ1n) is 4.33. The molecule has 1 rings (SSSR count). The lowest BCUT2D eigenvalue weighted by atomic mass is 10.0. The number of phenols is 2. The number of nitrogens with two attached hydrogens (primary N) is 1. The number of aromatic hydroxyl groups is 2. The van der Waals surface area contributed by atoms with E-state index in [1.165, 1.54) is 0 Å². The van der Waals surface area contributed by atoms with Crippen LogP contribution < -0.4 is 5.73 Å². The van der Waals surface area contributed by atoms with E-state index >= 15 is 0 Å². The van der Waals surface area contributed by atoms with Gasteiger partial charge in [-0.1, -0.05) is 0 Å². The van der Waals surface area contributed by atoms with Crippen LogP contribution in [0, 0.1) is 17.5 Å². The first-order valence-corrected chi connectivity index (χ1v) is 4.33. The molecule has 0 saturated heterocycles. The van der Waals surface area contributed by atoms with Crippen LogP contribution in [0.3, 0.4) is 0 Å². The van der Waals surface area contributed by atoms with Gasteiger partial charge in [0.1, 0.15) is 6.04 Å². The summed E-state index contributed by atoms with van der Waals surface area (Å²) in [5.74, 6) is -9.90. The van der Waals surface area contributed by atoms with Gasteiger partial charge in [0.2, 0.25) is 5.82 Å². The van der Waals surface area contributed by atoms with Crippen molar-refractivity contribution < 1.29 is 33.3 Å². The van der Waals surface area contributed by atoms with Crippen LogP contribution in [0.25, 0.3) is 0 Å². The number of phenolic OH excluding ortho intramolecular Hbond substituents is 2. The summed E-state index contributed by atoms with van der Waals surface area (Å²) < 4.78 is 39.4. The zero-order valence-electron chi connectivity index (χ0n) is 8.25. The van der Waals surface area contributed by atoms with Gasteiger partial charge in [0.15, 0.2) is 23.1 Å². The number of benzene rings is 1. The highest BCUT2D eigenvalue weighted by Gasteiger charge is 2.27. The minimum Gasteiger partial charge on any atom is -0.502 e. The van der Waals surface area contributed by atoms with E-state index in [-0.39, 0.29) is 0 Å². The summed E-state index contributed by atoms with van der Waals surface area (Å²) in [6.07, 6.45) is -0.863. The lowest BCUT2D eigenvalue weighted by Gasteiger charge is -2.11. The maximum absolute atomic E-state index is 13.3. The van der Waals surface area contributed by atoms with Crippen molar-refractivity contribution in [1.82, 2.24) is 0 Å². The molecule has 1 unspecified atom stereocenters. The van der Waals surface area contributed by atoms with Gasteiger partial charge in [0.05, 0.1) is 0 Å². The normalized spacial score (nSPS) is 12.5. The maximum atomic E-state index is 13.3. The van der Waals surface area contributed by atoms with E-state index in [0.717, 1.165) is 0 Å². The number of carbonyl (C=O) groups is 1. The molecule has 0 fully saturated rings. The number of carboxylic acid groups (broad SMARTS) is 1. The Balaban J connectivity index is 3.30. The molecule has 0 aliphatic heterocycles. The molecular weight excluding hydrogens is 243 g/mol. The van der Waals surface area contributed by atoms with Gasteiger partial charge >= 0.3 is 5.97 Å². The first-order chi connectivity index (χ1) is 7.77. The van der Waals surface area contributed by atoms with Crippen LogP contribution >= 0.6 is 0 Å². The van der Waals surface area contributed by atoms with Gasteiger partial charge in [-0.2, -0.15) is 4.39 Å². The highest BCUT2D eigenvalue weighted by atomic mass is 19.2. The summed E-state index contributed by atoms with van der Waals surface area (Å²) in [7, 11) is 0. The lowest BCUT2D eigenvalue weighted by molar-refractivity contribution is -0.138. The summed E-state index contributed by atoms with van der Waals surface area (Å²) >= 11 is 0. The lowest BCUT2D eigenvalue weighted by Crippen LogP contribution is -2.33. The van der Waals surface area contributed by atoms with E-state index in [1.807, 2.05) is 0 Å². The standard InChI is InChI=1S/C9H8F3NO4/c10-4-2(1-3(13)9(16)17)5(11)7(14)8(15)6(4)12/h3,14-15H,1,13H2,(H,16,17). The fraction of sp³-hybridized carbons (Fsp3) is 0.222. The van der Waals surface area contributed by atoms with Crippen molar-refractivity contribution >= 4 is 5.97 Å². The number of rotatable bonds is 3. The average molecular weight is 251 g/mol. The highest BCUT2D eigenvalue weighted by molar-refractivity contribution is 5.73. The quantitative estimate of drug-likeness (QED) is 0.462. The molecule has 0 radical (unpaired) electrons. The molecule has 1 aromatic carbocycles. The van der Waals surface area contributed by atoms with Crippen LogP contribution in [0.5, 0.6) is 11.5 Å². The monoisotopic (exact) mass is 251 g/mol. The fourth-order valence-corrected chi connectivity index (χ4v) is 1.17. The summed E-state index contributed by atoms with van der Waals surface area (Å²) in [5, 5.41) is 26.1. The van der Waals surface area contributed by atoms with Crippen LogP contribution in [0.1, 0.15) is 5.56 Å². The Labute approximate surface area is 92.9 Å². The van der Waals surface area contributed by atoms with E-state index in [9.17, 15) is 18.0 Å². The number of carboxylic acids is 1. The number of hydrogen-bond donors (Lipinski definition) is 4. The van der Waals surface area contributed by atoms with Crippen LogP contribution in [0.15, 0.2) is 0 Å². The fourth-order valence-electron chi connectivity index (χ4n) is 1.17. The predicted molar refractivity (Wildman–Crippen MR) is 49.0 cm³/mol. The van der Waals surface area contributed by atoms with Crippen molar-refractivity contribution in [3.63, 3.8) is 0 Å². The number of hydrogen-bond acceptors (Lipinski definition) is 4. The third-order valence-corrected chi connectivity index (χ3v) is 2.10.